The number of likely N-dealkylation sites (N-methyl/N-ethyl adjacent to an activating group) is 1. The predicted octanol–water partition coefficient (Wildman–Crippen LogP) is 0.779. The van der Waals surface area contributed by atoms with Gasteiger partial charge in [0.1, 0.15) is 6.26 Å². The van der Waals surface area contributed by atoms with E-state index < -0.39 is 11.8 Å². The number of nitrogens with zero attached hydrogens (tertiary/aromatic N) is 3. The molecule has 0 saturated carbocycles. The second-order valence-electron chi connectivity index (χ2n) is 5.96. The molecule has 8 nitrogen and oxygen atoms in total. The van der Waals surface area contributed by atoms with Crippen molar-refractivity contribution in [3.8, 4) is 0 Å². The van der Waals surface area contributed by atoms with Crippen molar-refractivity contribution in [1.29, 1.82) is 0 Å². The first-order valence-electron chi connectivity index (χ1n) is 8.08. The van der Waals surface area contributed by atoms with Gasteiger partial charge < -0.3 is 14.7 Å². The topological polar surface area (TPSA) is 90.7 Å². The average Bonchev–Trinajstić information content (AvgIpc) is 3.30. The smallest absolute Gasteiger partial charge is 0.314 e. The molecule has 0 radical (unpaired) electrons. The van der Waals surface area contributed by atoms with Gasteiger partial charge in [-0.05, 0) is 29.4 Å². The van der Waals surface area contributed by atoms with Gasteiger partial charge in [0.05, 0.1) is 6.04 Å². The Kier molecular flexibility index (Phi) is 5.79. The number of carbonyl (C=O) groups is 2. The van der Waals surface area contributed by atoms with Crippen molar-refractivity contribution in [2.75, 3.05) is 45.1 Å². The molecule has 1 aliphatic heterocycles. The Labute approximate surface area is 149 Å². The van der Waals surface area contributed by atoms with Crippen LogP contribution in [-0.4, -0.2) is 66.5 Å². The normalized spacial score (nSPS) is 17.2. The number of hydrogen-bond acceptors (Lipinski definition) is 7. The fourth-order valence-electron chi connectivity index (χ4n) is 2.78. The van der Waals surface area contributed by atoms with E-state index in [1.54, 1.807) is 11.3 Å². The second kappa shape index (κ2) is 8.24. The van der Waals surface area contributed by atoms with E-state index in [2.05, 4.69) is 48.6 Å². The van der Waals surface area contributed by atoms with E-state index in [0.29, 0.717) is 6.54 Å². The van der Waals surface area contributed by atoms with Crippen LogP contribution in [0.15, 0.2) is 33.7 Å². The maximum atomic E-state index is 12.1. The van der Waals surface area contributed by atoms with Gasteiger partial charge in [-0.3, -0.25) is 19.8 Å². The predicted molar refractivity (Wildman–Crippen MR) is 94.3 cm³/mol. The highest BCUT2D eigenvalue weighted by atomic mass is 32.1. The van der Waals surface area contributed by atoms with Gasteiger partial charge in [-0.25, -0.2) is 0 Å². The van der Waals surface area contributed by atoms with Crippen molar-refractivity contribution < 1.29 is 14.1 Å². The fourth-order valence-corrected chi connectivity index (χ4v) is 3.48. The molecule has 1 fully saturated rings. The Morgan fingerprint density at radius 3 is 2.72 bits per heavy atom. The number of aromatic nitrogens is 1. The summed E-state index contributed by atoms with van der Waals surface area (Å²) in [6, 6.07) is 3.60. The molecule has 25 heavy (non-hydrogen) atoms. The highest BCUT2D eigenvalue weighted by molar-refractivity contribution is 7.07. The Bertz CT molecular complexity index is 681. The zero-order valence-corrected chi connectivity index (χ0v) is 14.8. The molecular formula is C16H21N5O3S. The molecule has 1 aliphatic rings. The lowest BCUT2D eigenvalue weighted by molar-refractivity contribution is -0.136. The minimum Gasteiger partial charge on any atom is -0.363 e. The standard InChI is InChI=1S/C16H21N5O3S/c1-20-4-6-21(7-5-20)13(12-3-9-25-11-12)10-17-15(22)16(23)18-14-2-8-24-19-14/h2-3,8-9,11,13H,4-7,10H2,1H3,(H,17,22)(H,18,19,23)/t13-/m1/s1. The zero-order chi connectivity index (χ0) is 17.6. The lowest BCUT2D eigenvalue weighted by Crippen LogP contribution is -2.49. The Balaban J connectivity index is 1.58. The van der Waals surface area contributed by atoms with E-state index >= 15 is 0 Å². The number of anilines is 1. The number of carbonyl (C=O) groups excluding carboxylic acids is 2. The summed E-state index contributed by atoms with van der Waals surface area (Å²) in [7, 11) is 2.10. The van der Waals surface area contributed by atoms with Crippen LogP contribution in [0.3, 0.4) is 0 Å². The first kappa shape index (κ1) is 17.6. The molecule has 2 N–H and O–H groups in total. The van der Waals surface area contributed by atoms with E-state index in [4.69, 9.17) is 0 Å². The van der Waals surface area contributed by atoms with Crippen LogP contribution < -0.4 is 10.6 Å². The maximum absolute atomic E-state index is 12.1. The number of thiophene rings is 1. The van der Waals surface area contributed by atoms with Crippen LogP contribution >= 0.6 is 11.3 Å². The van der Waals surface area contributed by atoms with Gasteiger partial charge in [0.25, 0.3) is 0 Å². The monoisotopic (exact) mass is 363 g/mol. The van der Waals surface area contributed by atoms with Crippen LogP contribution in [0.4, 0.5) is 5.82 Å². The summed E-state index contributed by atoms with van der Waals surface area (Å²) < 4.78 is 4.62. The number of amides is 2. The van der Waals surface area contributed by atoms with Crippen LogP contribution in [0.25, 0.3) is 0 Å². The molecule has 0 spiro atoms. The first-order chi connectivity index (χ1) is 12.1. The van der Waals surface area contributed by atoms with Crippen molar-refractivity contribution in [1.82, 2.24) is 20.3 Å². The zero-order valence-electron chi connectivity index (χ0n) is 14.0. The Morgan fingerprint density at radius 1 is 1.28 bits per heavy atom. The molecule has 2 aromatic rings. The molecule has 0 bridgehead atoms. The van der Waals surface area contributed by atoms with Crippen LogP contribution in [0.2, 0.25) is 0 Å². The minimum atomic E-state index is -0.753. The highest BCUT2D eigenvalue weighted by Crippen LogP contribution is 2.23. The minimum absolute atomic E-state index is 0.0590. The van der Waals surface area contributed by atoms with Gasteiger partial charge in [0.2, 0.25) is 0 Å². The third kappa shape index (κ3) is 4.65. The van der Waals surface area contributed by atoms with E-state index in [-0.39, 0.29) is 11.9 Å². The molecule has 3 rings (SSSR count). The summed E-state index contributed by atoms with van der Waals surface area (Å²) in [6.45, 7) is 4.21. The molecular weight excluding hydrogens is 342 g/mol. The van der Waals surface area contributed by atoms with Gasteiger partial charge in [-0.15, -0.1) is 0 Å². The third-order valence-electron chi connectivity index (χ3n) is 4.25. The lowest BCUT2D eigenvalue weighted by atomic mass is 10.1. The summed E-state index contributed by atoms with van der Waals surface area (Å²) in [5.41, 5.74) is 1.16. The van der Waals surface area contributed by atoms with E-state index in [1.807, 2.05) is 5.38 Å². The molecule has 0 aromatic carbocycles. The van der Waals surface area contributed by atoms with Gasteiger partial charge in [-0.1, -0.05) is 5.16 Å². The van der Waals surface area contributed by atoms with Crippen molar-refractivity contribution >= 4 is 29.0 Å². The van der Waals surface area contributed by atoms with Crippen molar-refractivity contribution in [3.05, 3.63) is 34.7 Å². The highest BCUT2D eigenvalue weighted by Gasteiger charge is 2.25. The van der Waals surface area contributed by atoms with Crippen LogP contribution in [-0.2, 0) is 9.59 Å². The van der Waals surface area contributed by atoms with E-state index in [0.717, 1.165) is 31.7 Å². The summed E-state index contributed by atoms with van der Waals surface area (Å²) in [4.78, 5) is 28.6. The maximum Gasteiger partial charge on any atom is 0.314 e. The fraction of sp³-hybridized carbons (Fsp3) is 0.438. The quantitative estimate of drug-likeness (QED) is 0.763. The molecule has 3 heterocycles. The van der Waals surface area contributed by atoms with E-state index in [9.17, 15) is 9.59 Å². The summed E-state index contributed by atoms with van der Waals surface area (Å²) in [5, 5.41) is 12.8. The summed E-state index contributed by atoms with van der Waals surface area (Å²) >= 11 is 1.63. The largest absolute Gasteiger partial charge is 0.363 e. The molecule has 2 amide bonds. The van der Waals surface area contributed by atoms with Crippen molar-refractivity contribution in [2.24, 2.45) is 0 Å². The van der Waals surface area contributed by atoms with Gasteiger partial charge in [-0.2, -0.15) is 11.3 Å². The SMILES string of the molecule is CN1CCN([C@H](CNC(=O)C(=O)Nc2ccon2)c2ccsc2)CC1. The molecule has 9 heteroatoms. The molecule has 1 atom stereocenters. The number of rotatable bonds is 5. The van der Waals surface area contributed by atoms with Crippen LogP contribution in [0.1, 0.15) is 11.6 Å². The number of hydrogen-bond donors (Lipinski definition) is 2. The van der Waals surface area contributed by atoms with Crippen molar-refractivity contribution in [3.63, 3.8) is 0 Å². The van der Waals surface area contributed by atoms with Gasteiger partial charge in [0, 0.05) is 38.8 Å². The number of nitrogens with one attached hydrogen (secondary N) is 2. The van der Waals surface area contributed by atoms with E-state index in [1.165, 1.54) is 12.3 Å². The van der Waals surface area contributed by atoms with Crippen molar-refractivity contribution in [2.45, 2.75) is 6.04 Å². The lowest BCUT2D eigenvalue weighted by Gasteiger charge is -2.37. The van der Waals surface area contributed by atoms with Gasteiger partial charge in [0.15, 0.2) is 5.82 Å². The molecule has 1 saturated heterocycles. The molecule has 2 aromatic heterocycles. The molecule has 0 unspecified atom stereocenters. The first-order valence-corrected chi connectivity index (χ1v) is 9.02. The average molecular weight is 363 g/mol. The summed E-state index contributed by atoms with van der Waals surface area (Å²) in [6.07, 6.45) is 1.33. The van der Waals surface area contributed by atoms with Crippen LogP contribution in [0, 0.1) is 0 Å². The molecule has 0 aliphatic carbocycles. The van der Waals surface area contributed by atoms with Gasteiger partial charge >= 0.3 is 11.8 Å². The Morgan fingerprint density at radius 2 is 2.08 bits per heavy atom. The second-order valence-corrected chi connectivity index (χ2v) is 6.74. The third-order valence-corrected chi connectivity index (χ3v) is 4.95. The molecule has 134 valence electrons. The number of piperazine rings is 1. The van der Waals surface area contributed by atoms with Crippen LogP contribution in [0.5, 0.6) is 0 Å². The Hall–Kier alpha value is -2.23. The summed E-state index contributed by atoms with van der Waals surface area (Å²) in [5.74, 6) is -1.22.